The normalized spacial score (nSPS) is 20.2. The number of nitrogens with one attached hydrogen (secondary N) is 2. The lowest BCUT2D eigenvalue weighted by atomic mass is 10.1. The van der Waals surface area contributed by atoms with Crippen molar-refractivity contribution in [2.24, 2.45) is 0 Å². The number of carbonyl (C=O) groups is 2. The number of hydrogen-bond donors (Lipinski definition) is 2. The molecular weight excluding hydrogens is 208 g/mol. The van der Waals surface area contributed by atoms with Gasteiger partial charge in [0.25, 0.3) is 0 Å². The largest absolute Gasteiger partial charge is 0.378 e. The van der Waals surface area contributed by atoms with Gasteiger partial charge in [-0.1, -0.05) is 0 Å². The summed E-state index contributed by atoms with van der Waals surface area (Å²) in [5, 5.41) is 5.37. The van der Waals surface area contributed by atoms with E-state index in [2.05, 4.69) is 10.6 Å². The maximum Gasteiger partial charge on any atom is 0.222 e. The average Bonchev–Trinajstić information content (AvgIpc) is 2.25. The molecule has 5 heteroatoms. The van der Waals surface area contributed by atoms with Crippen molar-refractivity contribution in [3.05, 3.63) is 0 Å². The predicted octanol–water partition coefficient (Wildman–Crippen LogP) is 0.198. The Morgan fingerprint density at radius 1 is 1.25 bits per heavy atom. The topological polar surface area (TPSA) is 67.4 Å². The molecule has 0 aromatic rings. The standard InChI is InChI=1S/C11H20N2O3/c1-9(14)12-5-6-13-11(15)8-10-4-2-3-7-16-10/h10H,2-8H2,1H3,(H,12,14)(H,13,15). The number of rotatable bonds is 5. The quantitative estimate of drug-likeness (QED) is 0.660. The minimum atomic E-state index is -0.0788. The third kappa shape index (κ3) is 5.70. The molecule has 1 unspecified atom stereocenters. The van der Waals surface area contributed by atoms with Crippen LogP contribution >= 0.6 is 0 Å². The molecule has 16 heavy (non-hydrogen) atoms. The monoisotopic (exact) mass is 228 g/mol. The lowest BCUT2D eigenvalue weighted by molar-refractivity contribution is -0.125. The van der Waals surface area contributed by atoms with Crippen LogP contribution in [0.3, 0.4) is 0 Å². The van der Waals surface area contributed by atoms with Gasteiger partial charge in [0.05, 0.1) is 12.5 Å². The third-order valence-corrected chi connectivity index (χ3v) is 2.51. The molecule has 1 aliphatic rings. The molecule has 2 amide bonds. The Balaban J connectivity index is 2.03. The summed E-state index contributed by atoms with van der Waals surface area (Å²) in [6.07, 6.45) is 3.72. The zero-order valence-corrected chi connectivity index (χ0v) is 9.75. The lowest BCUT2D eigenvalue weighted by Crippen LogP contribution is -2.36. The first-order chi connectivity index (χ1) is 7.68. The van der Waals surface area contributed by atoms with Crippen LogP contribution < -0.4 is 10.6 Å². The summed E-state index contributed by atoms with van der Waals surface area (Å²) in [5.41, 5.74) is 0. The van der Waals surface area contributed by atoms with Crippen molar-refractivity contribution >= 4 is 11.8 Å². The van der Waals surface area contributed by atoms with Gasteiger partial charge in [-0.2, -0.15) is 0 Å². The van der Waals surface area contributed by atoms with Gasteiger partial charge in [-0.25, -0.2) is 0 Å². The van der Waals surface area contributed by atoms with Gasteiger partial charge in [-0.3, -0.25) is 9.59 Å². The van der Waals surface area contributed by atoms with E-state index in [0.29, 0.717) is 19.5 Å². The van der Waals surface area contributed by atoms with Crippen LogP contribution in [0.5, 0.6) is 0 Å². The van der Waals surface area contributed by atoms with Gasteiger partial charge >= 0.3 is 0 Å². The second kappa shape index (κ2) is 7.22. The van der Waals surface area contributed by atoms with Crippen LogP contribution in [0.15, 0.2) is 0 Å². The summed E-state index contributed by atoms with van der Waals surface area (Å²) < 4.78 is 5.46. The zero-order chi connectivity index (χ0) is 11.8. The fraction of sp³-hybridized carbons (Fsp3) is 0.818. The van der Waals surface area contributed by atoms with E-state index in [-0.39, 0.29) is 17.9 Å². The van der Waals surface area contributed by atoms with Crippen LogP contribution in [0.4, 0.5) is 0 Å². The van der Waals surface area contributed by atoms with Crippen molar-refractivity contribution in [2.75, 3.05) is 19.7 Å². The molecule has 1 aliphatic heterocycles. The smallest absolute Gasteiger partial charge is 0.222 e. The van der Waals surface area contributed by atoms with Gasteiger partial charge in [0, 0.05) is 26.6 Å². The van der Waals surface area contributed by atoms with Crippen molar-refractivity contribution in [1.82, 2.24) is 10.6 Å². The average molecular weight is 228 g/mol. The Hall–Kier alpha value is -1.10. The maximum atomic E-state index is 11.5. The third-order valence-electron chi connectivity index (χ3n) is 2.51. The van der Waals surface area contributed by atoms with Gasteiger partial charge in [0.2, 0.25) is 11.8 Å². The Morgan fingerprint density at radius 3 is 2.62 bits per heavy atom. The Bertz CT molecular complexity index is 237. The van der Waals surface area contributed by atoms with Crippen LogP contribution in [0, 0.1) is 0 Å². The molecule has 1 heterocycles. The van der Waals surface area contributed by atoms with Gasteiger partial charge in [-0.15, -0.1) is 0 Å². The molecule has 0 aromatic heterocycles. The summed E-state index contributed by atoms with van der Waals surface area (Å²) in [4.78, 5) is 22.0. The first-order valence-electron chi connectivity index (χ1n) is 5.81. The summed E-state index contributed by atoms with van der Waals surface area (Å²) in [7, 11) is 0. The van der Waals surface area contributed by atoms with Crippen molar-refractivity contribution in [3.8, 4) is 0 Å². The zero-order valence-electron chi connectivity index (χ0n) is 9.75. The van der Waals surface area contributed by atoms with Crippen LogP contribution in [-0.2, 0) is 14.3 Å². The molecule has 1 saturated heterocycles. The number of hydrogen-bond acceptors (Lipinski definition) is 3. The minimum absolute atomic E-state index is 0.00254. The molecule has 1 fully saturated rings. The molecule has 0 bridgehead atoms. The number of amides is 2. The van der Waals surface area contributed by atoms with Crippen LogP contribution in [0.25, 0.3) is 0 Å². The first kappa shape index (κ1) is 13.0. The van der Waals surface area contributed by atoms with Gasteiger partial charge < -0.3 is 15.4 Å². The minimum Gasteiger partial charge on any atom is -0.378 e. The predicted molar refractivity (Wildman–Crippen MR) is 59.9 cm³/mol. The van der Waals surface area contributed by atoms with E-state index in [0.717, 1.165) is 25.9 Å². The van der Waals surface area contributed by atoms with E-state index >= 15 is 0 Å². The molecule has 0 spiro atoms. The SMILES string of the molecule is CC(=O)NCCNC(=O)CC1CCCCO1. The van der Waals surface area contributed by atoms with E-state index in [1.165, 1.54) is 6.92 Å². The maximum absolute atomic E-state index is 11.5. The molecular formula is C11H20N2O3. The van der Waals surface area contributed by atoms with Crippen LogP contribution in [-0.4, -0.2) is 37.6 Å². The number of ether oxygens (including phenoxy) is 1. The van der Waals surface area contributed by atoms with E-state index < -0.39 is 0 Å². The summed E-state index contributed by atoms with van der Waals surface area (Å²) >= 11 is 0. The fourth-order valence-corrected chi connectivity index (χ4v) is 1.69. The summed E-state index contributed by atoms with van der Waals surface area (Å²) in [6.45, 7) is 3.18. The van der Waals surface area contributed by atoms with Gasteiger partial charge in [-0.05, 0) is 19.3 Å². The molecule has 2 N–H and O–H groups in total. The van der Waals surface area contributed by atoms with Gasteiger partial charge in [0.1, 0.15) is 0 Å². The molecule has 1 rings (SSSR count). The molecule has 1 atom stereocenters. The Morgan fingerprint density at radius 2 is 2.00 bits per heavy atom. The van der Waals surface area contributed by atoms with Crippen LogP contribution in [0.1, 0.15) is 32.6 Å². The Kier molecular flexibility index (Phi) is 5.85. The first-order valence-corrected chi connectivity index (χ1v) is 5.81. The number of carbonyl (C=O) groups excluding carboxylic acids is 2. The van der Waals surface area contributed by atoms with Crippen molar-refractivity contribution in [3.63, 3.8) is 0 Å². The van der Waals surface area contributed by atoms with Crippen LogP contribution in [0.2, 0.25) is 0 Å². The highest BCUT2D eigenvalue weighted by Crippen LogP contribution is 2.15. The highest BCUT2D eigenvalue weighted by Gasteiger charge is 2.16. The molecule has 0 radical (unpaired) electrons. The van der Waals surface area contributed by atoms with Gasteiger partial charge in [0.15, 0.2) is 0 Å². The second-order valence-corrected chi connectivity index (χ2v) is 4.03. The van der Waals surface area contributed by atoms with E-state index in [1.54, 1.807) is 0 Å². The summed E-state index contributed by atoms with van der Waals surface area (Å²) in [5.74, 6) is -0.0814. The highest BCUT2D eigenvalue weighted by molar-refractivity contribution is 5.76. The Labute approximate surface area is 95.9 Å². The molecule has 0 aliphatic carbocycles. The van der Waals surface area contributed by atoms with Crippen molar-refractivity contribution in [1.29, 1.82) is 0 Å². The van der Waals surface area contributed by atoms with Crippen molar-refractivity contribution in [2.45, 2.75) is 38.7 Å². The molecule has 0 saturated carbocycles. The lowest BCUT2D eigenvalue weighted by Gasteiger charge is -2.21. The fourth-order valence-electron chi connectivity index (χ4n) is 1.69. The molecule has 5 nitrogen and oxygen atoms in total. The highest BCUT2D eigenvalue weighted by atomic mass is 16.5. The molecule has 92 valence electrons. The van der Waals surface area contributed by atoms with E-state index in [9.17, 15) is 9.59 Å². The molecule has 0 aromatic carbocycles. The van der Waals surface area contributed by atoms with Crippen molar-refractivity contribution < 1.29 is 14.3 Å². The second-order valence-electron chi connectivity index (χ2n) is 4.03. The summed E-state index contributed by atoms with van der Waals surface area (Å²) in [6, 6.07) is 0. The van der Waals surface area contributed by atoms with E-state index in [1.807, 2.05) is 0 Å². The van der Waals surface area contributed by atoms with E-state index in [4.69, 9.17) is 4.74 Å².